The van der Waals surface area contributed by atoms with Crippen LogP contribution in [0.5, 0.6) is 0 Å². The van der Waals surface area contributed by atoms with Crippen LogP contribution in [0.2, 0.25) is 0 Å². The van der Waals surface area contributed by atoms with Gasteiger partial charge in [0.25, 0.3) is 0 Å². The highest BCUT2D eigenvalue weighted by Crippen LogP contribution is 2.26. The average molecular weight is 312 g/mol. The Morgan fingerprint density at radius 3 is 2.86 bits per heavy atom. The lowest BCUT2D eigenvalue weighted by atomic mass is 10.0. The quantitative estimate of drug-likeness (QED) is 0.806. The first kappa shape index (κ1) is 16.3. The van der Waals surface area contributed by atoms with E-state index in [2.05, 4.69) is 5.32 Å². The molecule has 0 aromatic heterocycles. The molecule has 0 fully saturated rings. The minimum atomic E-state index is -3.52. The van der Waals surface area contributed by atoms with Crippen LogP contribution in [0, 0.1) is 0 Å². The van der Waals surface area contributed by atoms with Gasteiger partial charge < -0.3 is 10.4 Å². The second kappa shape index (κ2) is 7.24. The van der Waals surface area contributed by atoms with Crippen molar-refractivity contribution < 1.29 is 13.5 Å². The van der Waals surface area contributed by atoms with Crippen molar-refractivity contribution in [3.63, 3.8) is 0 Å². The normalized spacial score (nSPS) is 14.8. The maximum absolute atomic E-state index is 12.7. The zero-order chi connectivity index (χ0) is 15.3. The van der Waals surface area contributed by atoms with Crippen LogP contribution < -0.4 is 5.32 Å². The van der Waals surface area contributed by atoms with Gasteiger partial charge in [0, 0.05) is 25.3 Å². The van der Waals surface area contributed by atoms with E-state index < -0.39 is 10.0 Å². The fourth-order valence-electron chi connectivity index (χ4n) is 2.56. The molecule has 0 radical (unpaired) electrons. The number of nitrogens with zero attached hydrogens (tertiary/aromatic N) is 1. The standard InChI is InChI=1S/C15H24N2O3S/c1-2-3-9-17(10-11-18)21(19,20)14-6-7-15-13(12-14)5-4-8-16-15/h6-7,12,16,18H,2-5,8-11H2,1H3. The molecule has 0 aliphatic carbocycles. The molecule has 2 N–H and O–H groups in total. The van der Waals surface area contributed by atoms with Gasteiger partial charge in [0.2, 0.25) is 10.0 Å². The molecule has 1 aliphatic heterocycles. The Morgan fingerprint density at radius 1 is 1.33 bits per heavy atom. The number of anilines is 1. The first-order valence-electron chi connectivity index (χ1n) is 7.57. The third-order valence-electron chi connectivity index (χ3n) is 3.76. The zero-order valence-electron chi connectivity index (χ0n) is 12.5. The van der Waals surface area contributed by atoms with Gasteiger partial charge in [-0.25, -0.2) is 8.42 Å². The third-order valence-corrected chi connectivity index (χ3v) is 5.66. The predicted octanol–water partition coefficient (Wildman–Crippen LogP) is 1.83. The van der Waals surface area contributed by atoms with Crippen LogP contribution in [-0.2, 0) is 16.4 Å². The van der Waals surface area contributed by atoms with Crippen molar-refractivity contribution in [3.05, 3.63) is 23.8 Å². The Balaban J connectivity index is 2.28. The van der Waals surface area contributed by atoms with E-state index in [0.717, 1.165) is 43.5 Å². The predicted molar refractivity (Wildman–Crippen MR) is 84.0 cm³/mol. The van der Waals surface area contributed by atoms with Crippen molar-refractivity contribution in [1.82, 2.24) is 4.31 Å². The highest BCUT2D eigenvalue weighted by molar-refractivity contribution is 7.89. The monoisotopic (exact) mass is 312 g/mol. The van der Waals surface area contributed by atoms with Crippen molar-refractivity contribution in [2.24, 2.45) is 0 Å². The Morgan fingerprint density at radius 2 is 2.14 bits per heavy atom. The Hall–Kier alpha value is -1.11. The average Bonchev–Trinajstić information content (AvgIpc) is 2.50. The van der Waals surface area contributed by atoms with Crippen LogP contribution in [0.4, 0.5) is 5.69 Å². The third kappa shape index (κ3) is 3.75. The summed E-state index contributed by atoms with van der Waals surface area (Å²) < 4.78 is 26.8. The second-order valence-electron chi connectivity index (χ2n) is 5.33. The van der Waals surface area contributed by atoms with Crippen LogP contribution in [0.3, 0.4) is 0 Å². The molecule has 0 spiro atoms. The van der Waals surface area contributed by atoms with Crippen molar-refractivity contribution >= 4 is 15.7 Å². The van der Waals surface area contributed by atoms with Crippen molar-refractivity contribution in [1.29, 1.82) is 0 Å². The summed E-state index contributed by atoms with van der Waals surface area (Å²) in [4.78, 5) is 0.328. The van der Waals surface area contributed by atoms with E-state index in [9.17, 15) is 8.42 Å². The molecule has 1 aliphatic rings. The summed E-state index contributed by atoms with van der Waals surface area (Å²) in [5.74, 6) is 0. The molecule has 6 heteroatoms. The molecule has 0 amide bonds. The van der Waals surface area contributed by atoms with E-state index >= 15 is 0 Å². The molecule has 5 nitrogen and oxygen atoms in total. The minimum Gasteiger partial charge on any atom is -0.395 e. The van der Waals surface area contributed by atoms with Gasteiger partial charge in [-0.1, -0.05) is 13.3 Å². The van der Waals surface area contributed by atoms with Gasteiger partial charge in [0.15, 0.2) is 0 Å². The first-order chi connectivity index (χ1) is 10.1. The second-order valence-corrected chi connectivity index (χ2v) is 7.27. The van der Waals surface area contributed by atoms with E-state index in [4.69, 9.17) is 5.11 Å². The number of nitrogens with one attached hydrogen (secondary N) is 1. The SMILES string of the molecule is CCCCN(CCO)S(=O)(=O)c1ccc2c(c1)CCCN2. The van der Waals surface area contributed by atoms with E-state index in [-0.39, 0.29) is 13.2 Å². The fourth-order valence-corrected chi connectivity index (χ4v) is 4.08. The van der Waals surface area contributed by atoms with Crippen molar-refractivity contribution in [3.8, 4) is 0 Å². The van der Waals surface area contributed by atoms with E-state index in [1.165, 1.54) is 4.31 Å². The van der Waals surface area contributed by atoms with E-state index in [1.54, 1.807) is 12.1 Å². The molecular formula is C15H24N2O3S. The number of aliphatic hydroxyl groups excluding tert-OH is 1. The number of benzene rings is 1. The van der Waals surface area contributed by atoms with Crippen LogP contribution in [-0.4, -0.2) is 44.1 Å². The number of hydrogen-bond donors (Lipinski definition) is 2. The first-order valence-corrected chi connectivity index (χ1v) is 9.01. The smallest absolute Gasteiger partial charge is 0.243 e. The molecule has 0 saturated heterocycles. The molecule has 0 bridgehead atoms. The van der Waals surface area contributed by atoms with Gasteiger partial charge >= 0.3 is 0 Å². The molecule has 0 atom stereocenters. The van der Waals surface area contributed by atoms with Crippen LogP contribution in [0.25, 0.3) is 0 Å². The lowest BCUT2D eigenvalue weighted by Gasteiger charge is -2.23. The Labute approximate surface area is 127 Å². The zero-order valence-corrected chi connectivity index (χ0v) is 13.3. The maximum atomic E-state index is 12.7. The van der Waals surface area contributed by atoms with Crippen LogP contribution in [0.1, 0.15) is 31.7 Å². The molecule has 21 heavy (non-hydrogen) atoms. The molecule has 0 unspecified atom stereocenters. The Bertz CT molecular complexity index is 572. The number of rotatable bonds is 7. The summed E-state index contributed by atoms with van der Waals surface area (Å²) in [6.07, 6.45) is 3.64. The topological polar surface area (TPSA) is 69.6 Å². The summed E-state index contributed by atoms with van der Waals surface area (Å²) in [5, 5.41) is 12.4. The van der Waals surface area contributed by atoms with E-state index in [1.807, 2.05) is 13.0 Å². The number of aryl methyl sites for hydroxylation is 1. The molecule has 1 aromatic rings. The highest BCUT2D eigenvalue weighted by atomic mass is 32.2. The van der Waals surface area contributed by atoms with Gasteiger partial charge in [-0.3, -0.25) is 0 Å². The Kier molecular flexibility index (Phi) is 5.61. The fraction of sp³-hybridized carbons (Fsp3) is 0.600. The lowest BCUT2D eigenvalue weighted by molar-refractivity contribution is 0.252. The summed E-state index contributed by atoms with van der Waals surface area (Å²) >= 11 is 0. The summed E-state index contributed by atoms with van der Waals surface area (Å²) in [6.45, 7) is 3.41. The van der Waals surface area contributed by atoms with Gasteiger partial charge in [-0.2, -0.15) is 4.31 Å². The van der Waals surface area contributed by atoms with E-state index in [0.29, 0.717) is 11.4 Å². The number of unbranched alkanes of at least 4 members (excludes halogenated alkanes) is 1. The van der Waals surface area contributed by atoms with Crippen LogP contribution >= 0.6 is 0 Å². The lowest BCUT2D eigenvalue weighted by Crippen LogP contribution is -2.34. The van der Waals surface area contributed by atoms with Gasteiger partial charge in [0.1, 0.15) is 0 Å². The number of aliphatic hydroxyl groups is 1. The molecule has 118 valence electrons. The van der Waals surface area contributed by atoms with Gasteiger partial charge in [-0.05, 0) is 43.0 Å². The molecular weight excluding hydrogens is 288 g/mol. The summed E-state index contributed by atoms with van der Waals surface area (Å²) in [6, 6.07) is 5.27. The number of fused-ring (bicyclic) bond motifs is 1. The van der Waals surface area contributed by atoms with Crippen LogP contribution in [0.15, 0.2) is 23.1 Å². The molecule has 1 heterocycles. The molecule has 2 rings (SSSR count). The van der Waals surface area contributed by atoms with Gasteiger partial charge in [-0.15, -0.1) is 0 Å². The maximum Gasteiger partial charge on any atom is 0.243 e. The summed E-state index contributed by atoms with van der Waals surface area (Å²) in [7, 11) is -3.52. The number of sulfonamides is 1. The highest BCUT2D eigenvalue weighted by Gasteiger charge is 2.24. The molecule has 0 saturated carbocycles. The largest absolute Gasteiger partial charge is 0.395 e. The summed E-state index contributed by atoms with van der Waals surface area (Å²) in [5.41, 5.74) is 2.09. The van der Waals surface area contributed by atoms with Crippen molar-refractivity contribution in [2.75, 3.05) is 31.6 Å². The minimum absolute atomic E-state index is 0.150. The van der Waals surface area contributed by atoms with Crippen molar-refractivity contribution in [2.45, 2.75) is 37.5 Å². The van der Waals surface area contributed by atoms with Gasteiger partial charge in [0.05, 0.1) is 11.5 Å². The number of hydrogen-bond acceptors (Lipinski definition) is 4. The molecule has 1 aromatic carbocycles.